The van der Waals surface area contributed by atoms with E-state index < -0.39 is 16.1 Å². The smallest absolute Gasteiger partial charge is 0.287 e. The predicted octanol–water partition coefficient (Wildman–Crippen LogP) is 5.04. The van der Waals surface area contributed by atoms with Crippen LogP contribution in [-0.4, -0.2) is 27.3 Å². The van der Waals surface area contributed by atoms with Gasteiger partial charge in [-0.15, -0.1) is 11.6 Å². The van der Waals surface area contributed by atoms with E-state index in [1.807, 2.05) is 0 Å². The van der Waals surface area contributed by atoms with Crippen molar-refractivity contribution in [1.82, 2.24) is 0 Å². The van der Waals surface area contributed by atoms with E-state index in [2.05, 4.69) is 31.9 Å². The fraction of sp³-hybridized carbons (Fsp3) is 1.00. The number of hydrogen-bond acceptors (Lipinski definition) is 4. The minimum atomic E-state index is -3.71. The van der Waals surface area contributed by atoms with Gasteiger partial charge in [0, 0.05) is 5.88 Å². The Kier molecular flexibility index (Phi) is 10.0. The van der Waals surface area contributed by atoms with Gasteiger partial charge in [-0.25, -0.2) is 4.57 Å². The van der Waals surface area contributed by atoms with Crippen LogP contribution in [0.25, 0.3) is 0 Å². The quantitative estimate of drug-likeness (QED) is 0.277. The van der Waals surface area contributed by atoms with Gasteiger partial charge in [0.2, 0.25) is 3.24 Å². The molecule has 0 aromatic carbocycles. The molecule has 0 N–H and O–H groups in total. The number of alkyl halides is 5. The third kappa shape index (κ3) is 8.66. The fourth-order valence-electron chi connectivity index (χ4n) is 0.660. The van der Waals surface area contributed by atoms with Crippen molar-refractivity contribution in [3.63, 3.8) is 0 Å². The molecule has 0 aromatic rings. The van der Waals surface area contributed by atoms with Gasteiger partial charge in [-0.05, 0) is 29.3 Å². The zero-order valence-electron chi connectivity index (χ0n) is 8.88. The van der Waals surface area contributed by atoms with Crippen LogP contribution in [0.15, 0.2) is 0 Å². The normalized spacial score (nSPS) is 17.8. The summed E-state index contributed by atoms with van der Waals surface area (Å²) in [4.78, 5) is 0. The molecular formula is C7H12Br2Cl3O4P. The zero-order chi connectivity index (χ0) is 13.5. The first-order chi connectivity index (χ1) is 7.75. The van der Waals surface area contributed by atoms with E-state index in [-0.39, 0.29) is 13.2 Å². The first-order valence-electron chi connectivity index (χ1n) is 4.59. The highest BCUT2D eigenvalue weighted by Crippen LogP contribution is 2.54. The molecule has 0 aromatic heterocycles. The Bertz CT molecular complexity index is 264. The number of phosphoric acid groups is 1. The first kappa shape index (κ1) is 18.9. The summed E-state index contributed by atoms with van der Waals surface area (Å²) in [6.45, 7) is 1.98. The molecule has 17 heavy (non-hydrogen) atoms. The highest BCUT2D eigenvalue weighted by Gasteiger charge is 2.39. The summed E-state index contributed by atoms with van der Waals surface area (Å²) in [5.41, 5.74) is 0. The van der Waals surface area contributed by atoms with Crippen LogP contribution in [0.4, 0.5) is 0 Å². The number of halogens is 5. The van der Waals surface area contributed by atoms with Crippen LogP contribution in [0.5, 0.6) is 0 Å². The summed E-state index contributed by atoms with van der Waals surface area (Å²) < 4.78 is 25.7. The molecule has 0 amide bonds. The van der Waals surface area contributed by atoms with Crippen LogP contribution < -0.4 is 0 Å². The van der Waals surface area contributed by atoms with Crippen molar-refractivity contribution in [2.45, 2.75) is 21.6 Å². The van der Waals surface area contributed by atoms with Gasteiger partial charge in [0.1, 0.15) is 0 Å². The Labute approximate surface area is 132 Å². The molecule has 0 fully saturated rings. The SMILES string of the molecule is CCOP(=O)(OCCCCl)OC(Br)C(Cl)(Cl)Br. The van der Waals surface area contributed by atoms with E-state index in [0.717, 1.165) is 0 Å². The van der Waals surface area contributed by atoms with Crippen molar-refractivity contribution < 1.29 is 18.1 Å². The average molecular weight is 457 g/mol. The second kappa shape index (κ2) is 8.98. The molecule has 0 radical (unpaired) electrons. The van der Waals surface area contributed by atoms with Crippen molar-refractivity contribution in [3.05, 3.63) is 0 Å². The maximum absolute atomic E-state index is 12.1. The predicted molar refractivity (Wildman–Crippen MR) is 77.7 cm³/mol. The molecule has 0 aliphatic heterocycles. The van der Waals surface area contributed by atoms with Crippen molar-refractivity contribution >= 4 is 74.5 Å². The van der Waals surface area contributed by atoms with Gasteiger partial charge < -0.3 is 0 Å². The molecule has 0 bridgehead atoms. The molecule has 104 valence electrons. The number of hydrogen-bond donors (Lipinski definition) is 0. The molecule has 0 saturated heterocycles. The van der Waals surface area contributed by atoms with Gasteiger partial charge in [0.15, 0.2) is 5.01 Å². The summed E-state index contributed by atoms with van der Waals surface area (Å²) in [6, 6.07) is 0. The van der Waals surface area contributed by atoms with Gasteiger partial charge in [-0.2, -0.15) is 0 Å². The van der Waals surface area contributed by atoms with Gasteiger partial charge in [-0.1, -0.05) is 39.1 Å². The molecule has 0 spiro atoms. The van der Waals surface area contributed by atoms with Gasteiger partial charge in [0.05, 0.1) is 13.2 Å². The lowest BCUT2D eigenvalue weighted by atomic mass is 10.5. The summed E-state index contributed by atoms with van der Waals surface area (Å²) in [6.07, 6.45) is 0.524. The molecule has 4 nitrogen and oxygen atoms in total. The van der Waals surface area contributed by atoms with Crippen molar-refractivity contribution in [2.24, 2.45) is 0 Å². The first-order valence-corrected chi connectivity index (χ1v) is 9.05. The van der Waals surface area contributed by atoms with Crippen LogP contribution in [0, 0.1) is 0 Å². The largest absolute Gasteiger partial charge is 0.476 e. The van der Waals surface area contributed by atoms with Crippen LogP contribution in [0.1, 0.15) is 13.3 Å². The second-order valence-electron chi connectivity index (χ2n) is 2.70. The lowest BCUT2D eigenvalue weighted by Crippen LogP contribution is -2.21. The Morgan fingerprint density at radius 2 is 2.00 bits per heavy atom. The molecule has 0 aliphatic carbocycles. The fourth-order valence-corrected chi connectivity index (χ4v) is 3.08. The number of phosphoric ester groups is 1. The molecule has 10 heteroatoms. The van der Waals surface area contributed by atoms with Gasteiger partial charge in [-0.3, -0.25) is 13.6 Å². The van der Waals surface area contributed by atoms with Crippen molar-refractivity contribution in [2.75, 3.05) is 19.1 Å². The molecule has 0 aliphatic rings. The van der Waals surface area contributed by atoms with E-state index in [9.17, 15) is 4.57 Å². The maximum Gasteiger partial charge on any atom is 0.476 e. The minimum Gasteiger partial charge on any atom is -0.287 e. The molecular weight excluding hydrogens is 445 g/mol. The van der Waals surface area contributed by atoms with E-state index in [4.69, 9.17) is 48.4 Å². The Hall–Kier alpha value is 1.94. The van der Waals surface area contributed by atoms with E-state index in [0.29, 0.717) is 12.3 Å². The standard InChI is InChI=1S/C7H12Br2Cl3O4P/c1-2-14-17(13,15-5-3-4-10)16-6(8)7(9,11)12/h6H,2-5H2,1H3. The zero-order valence-corrected chi connectivity index (χ0v) is 15.2. The molecule has 2 atom stereocenters. The van der Waals surface area contributed by atoms with Crippen molar-refractivity contribution in [3.8, 4) is 0 Å². The molecule has 2 unspecified atom stereocenters. The summed E-state index contributed by atoms with van der Waals surface area (Å²) in [7, 11) is -3.71. The lowest BCUT2D eigenvalue weighted by molar-refractivity contribution is 0.112. The van der Waals surface area contributed by atoms with Crippen LogP contribution in [-0.2, 0) is 18.1 Å². The minimum absolute atomic E-state index is 0.153. The van der Waals surface area contributed by atoms with E-state index in [1.54, 1.807) is 6.92 Å². The van der Waals surface area contributed by atoms with Crippen LogP contribution in [0.2, 0.25) is 0 Å². The second-order valence-corrected chi connectivity index (χ2v) is 9.08. The van der Waals surface area contributed by atoms with Crippen LogP contribution >= 0.6 is 74.5 Å². The van der Waals surface area contributed by atoms with E-state index in [1.165, 1.54) is 0 Å². The molecule has 0 heterocycles. The molecule has 0 rings (SSSR count). The topological polar surface area (TPSA) is 44.8 Å². The summed E-state index contributed by atoms with van der Waals surface area (Å²) in [5, 5.41) is -0.966. The number of rotatable bonds is 9. The average Bonchev–Trinajstić information content (AvgIpc) is 2.16. The van der Waals surface area contributed by atoms with Crippen molar-refractivity contribution in [1.29, 1.82) is 0 Å². The third-order valence-electron chi connectivity index (χ3n) is 1.29. The Balaban J connectivity index is 4.44. The monoisotopic (exact) mass is 454 g/mol. The summed E-state index contributed by atoms with van der Waals surface area (Å²) in [5.74, 6) is 0.386. The highest BCUT2D eigenvalue weighted by molar-refractivity contribution is 9.13. The third-order valence-corrected chi connectivity index (χ3v) is 6.22. The summed E-state index contributed by atoms with van der Waals surface area (Å²) >= 11 is 22.8. The maximum atomic E-state index is 12.1. The van der Waals surface area contributed by atoms with Gasteiger partial charge >= 0.3 is 7.82 Å². The lowest BCUT2D eigenvalue weighted by Gasteiger charge is -2.24. The highest BCUT2D eigenvalue weighted by atomic mass is 79.9. The molecule has 0 saturated carbocycles. The Morgan fingerprint density at radius 3 is 2.41 bits per heavy atom. The van der Waals surface area contributed by atoms with Gasteiger partial charge in [0.25, 0.3) is 0 Å². The Morgan fingerprint density at radius 1 is 1.41 bits per heavy atom. The van der Waals surface area contributed by atoms with Crippen LogP contribution in [0.3, 0.4) is 0 Å². The van der Waals surface area contributed by atoms with E-state index >= 15 is 0 Å².